The van der Waals surface area contributed by atoms with Gasteiger partial charge in [-0.3, -0.25) is 9.48 Å². The van der Waals surface area contributed by atoms with E-state index in [2.05, 4.69) is 10.4 Å². The van der Waals surface area contributed by atoms with E-state index in [4.69, 9.17) is 22.1 Å². The van der Waals surface area contributed by atoms with Crippen LogP contribution in [0.4, 0.5) is 11.4 Å². The molecule has 1 aromatic heterocycles. The normalized spacial score (nSPS) is 10.4. The zero-order valence-corrected chi connectivity index (χ0v) is 12.6. The number of hydrogen-bond acceptors (Lipinski definition) is 4. The summed E-state index contributed by atoms with van der Waals surface area (Å²) in [6.45, 7) is 2.55. The highest BCUT2D eigenvalue weighted by Gasteiger charge is 2.16. The first-order valence-corrected chi connectivity index (χ1v) is 6.92. The van der Waals surface area contributed by atoms with Crippen LogP contribution in [0.3, 0.4) is 0 Å². The minimum absolute atomic E-state index is 0.166. The Kier molecular flexibility index (Phi) is 4.70. The van der Waals surface area contributed by atoms with Crippen LogP contribution < -0.4 is 15.8 Å². The summed E-state index contributed by atoms with van der Waals surface area (Å²) in [5, 5.41) is 7.26. The van der Waals surface area contributed by atoms with Crippen LogP contribution >= 0.6 is 11.6 Å². The highest BCUT2D eigenvalue weighted by atomic mass is 35.5. The number of aromatic nitrogens is 2. The number of nitrogens with one attached hydrogen (secondary N) is 1. The fourth-order valence-electron chi connectivity index (χ4n) is 1.80. The zero-order valence-electron chi connectivity index (χ0n) is 11.9. The Morgan fingerprint density at radius 3 is 2.90 bits per heavy atom. The predicted molar refractivity (Wildman–Crippen MR) is 82.8 cm³/mol. The summed E-state index contributed by atoms with van der Waals surface area (Å²) >= 11 is 5.96. The van der Waals surface area contributed by atoms with E-state index in [1.54, 1.807) is 31.4 Å². The Morgan fingerprint density at radius 2 is 2.29 bits per heavy atom. The molecule has 0 unspecified atom stereocenters. The lowest BCUT2D eigenvalue weighted by atomic mass is 10.2. The molecular formula is C14H17ClN4O2. The van der Waals surface area contributed by atoms with Crippen molar-refractivity contribution in [1.29, 1.82) is 0 Å². The number of nitrogens with zero attached hydrogens (tertiary/aromatic N) is 2. The number of rotatable bonds is 5. The summed E-state index contributed by atoms with van der Waals surface area (Å²) in [7, 11) is 1.70. The van der Waals surface area contributed by atoms with Gasteiger partial charge in [0.1, 0.15) is 5.75 Å². The largest absolute Gasteiger partial charge is 0.491 e. The van der Waals surface area contributed by atoms with Crippen molar-refractivity contribution in [3.05, 3.63) is 35.1 Å². The molecule has 2 rings (SSSR count). The molecule has 112 valence electrons. The number of anilines is 2. The molecule has 0 atom stereocenters. The minimum Gasteiger partial charge on any atom is -0.491 e. The number of benzene rings is 1. The van der Waals surface area contributed by atoms with Crippen molar-refractivity contribution in [1.82, 2.24) is 9.78 Å². The molecular weight excluding hydrogens is 292 g/mol. The van der Waals surface area contributed by atoms with Gasteiger partial charge in [-0.05, 0) is 24.6 Å². The maximum absolute atomic E-state index is 12.2. The summed E-state index contributed by atoms with van der Waals surface area (Å²) in [6, 6.07) is 5.05. The van der Waals surface area contributed by atoms with E-state index in [0.717, 1.165) is 6.42 Å². The number of ether oxygens (including phenoxy) is 1. The fourth-order valence-corrected chi connectivity index (χ4v) is 1.97. The summed E-state index contributed by atoms with van der Waals surface area (Å²) in [4.78, 5) is 12.2. The molecule has 21 heavy (non-hydrogen) atoms. The van der Waals surface area contributed by atoms with E-state index < -0.39 is 5.91 Å². The summed E-state index contributed by atoms with van der Waals surface area (Å²) < 4.78 is 7.07. The molecule has 6 nitrogen and oxygen atoms in total. The number of carbonyl (C=O) groups is 1. The molecule has 0 spiro atoms. The van der Waals surface area contributed by atoms with Crippen molar-refractivity contribution in [3.63, 3.8) is 0 Å². The van der Waals surface area contributed by atoms with Crippen molar-refractivity contribution in [2.24, 2.45) is 7.05 Å². The molecule has 2 aromatic rings. The predicted octanol–water partition coefficient (Wildman–Crippen LogP) is 2.70. The maximum atomic E-state index is 12.2. The van der Waals surface area contributed by atoms with E-state index in [1.165, 1.54) is 4.68 Å². The van der Waals surface area contributed by atoms with Gasteiger partial charge in [0.05, 0.1) is 18.0 Å². The third kappa shape index (κ3) is 3.66. The van der Waals surface area contributed by atoms with Crippen molar-refractivity contribution in [2.75, 3.05) is 17.7 Å². The lowest BCUT2D eigenvalue weighted by molar-refractivity contribution is 0.102. The van der Waals surface area contributed by atoms with E-state index in [-0.39, 0.29) is 5.69 Å². The summed E-state index contributed by atoms with van der Waals surface area (Å²) in [5.74, 6) is 0.154. The van der Waals surface area contributed by atoms with E-state index in [0.29, 0.717) is 28.8 Å². The van der Waals surface area contributed by atoms with Crippen LogP contribution in [-0.4, -0.2) is 22.3 Å². The molecule has 1 heterocycles. The van der Waals surface area contributed by atoms with Crippen LogP contribution in [0.5, 0.6) is 5.75 Å². The highest BCUT2D eigenvalue weighted by molar-refractivity contribution is 6.31. The number of carbonyl (C=O) groups excluding carboxylic acids is 1. The van der Waals surface area contributed by atoms with Gasteiger partial charge in [-0.25, -0.2) is 0 Å². The molecule has 1 aromatic carbocycles. The van der Waals surface area contributed by atoms with Crippen molar-refractivity contribution < 1.29 is 9.53 Å². The van der Waals surface area contributed by atoms with Crippen molar-refractivity contribution in [3.8, 4) is 5.75 Å². The standard InChI is InChI=1S/C14H17ClN4O2/c1-3-6-21-12-5-4-9(15)7-11(12)17-14(20)13-10(16)8-19(2)18-13/h4-5,7-8H,3,6,16H2,1-2H3,(H,17,20). The van der Waals surface area contributed by atoms with Gasteiger partial charge < -0.3 is 15.8 Å². The van der Waals surface area contributed by atoms with Crippen LogP contribution in [0.1, 0.15) is 23.8 Å². The van der Waals surface area contributed by atoms with E-state index in [9.17, 15) is 4.79 Å². The fraction of sp³-hybridized carbons (Fsp3) is 0.286. The second-order valence-electron chi connectivity index (χ2n) is 4.55. The molecule has 0 saturated heterocycles. The number of halogens is 1. The van der Waals surface area contributed by atoms with Gasteiger partial charge in [-0.15, -0.1) is 0 Å². The van der Waals surface area contributed by atoms with Crippen molar-refractivity contribution >= 4 is 28.9 Å². The Hall–Kier alpha value is -2.21. The molecule has 0 aliphatic heterocycles. The average molecular weight is 309 g/mol. The SMILES string of the molecule is CCCOc1ccc(Cl)cc1NC(=O)c1nn(C)cc1N. The third-order valence-corrected chi connectivity index (χ3v) is 2.96. The number of aryl methyl sites for hydroxylation is 1. The Labute approximate surface area is 127 Å². The van der Waals surface area contributed by atoms with Gasteiger partial charge in [0, 0.05) is 18.3 Å². The third-order valence-electron chi connectivity index (χ3n) is 2.72. The number of hydrogen-bond donors (Lipinski definition) is 2. The second-order valence-corrected chi connectivity index (χ2v) is 4.99. The first-order chi connectivity index (χ1) is 10.0. The molecule has 0 bridgehead atoms. The summed E-state index contributed by atoms with van der Waals surface area (Å²) in [5.41, 5.74) is 6.71. The molecule has 1 amide bonds. The zero-order chi connectivity index (χ0) is 15.4. The van der Waals surface area contributed by atoms with Gasteiger partial charge in [0.2, 0.25) is 0 Å². The quantitative estimate of drug-likeness (QED) is 0.889. The Morgan fingerprint density at radius 1 is 1.52 bits per heavy atom. The molecule has 0 saturated carbocycles. The minimum atomic E-state index is -0.406. The number of nitrogen functional groups attached to an aromatic ring is 1. The summed E-state index contributed by atoms with van der Waals surface area (Å²) in [6.07, 6.45) is 2.44. The van der Waals surface area contributed by atoms with Gasteiger partial charge >= 0.3 is 0 Å². The molecule has 0 aliphatic rings. The van der Waals surface area contributed by atoms with Gasteiger partial charge in [0.25, 0.3) is 5.91 Å². The van der Waals surface area contributed by atoms with Gasteiger partial charge in [-0.2, -0.15) is 5.10 Å². The lowest BCUT2D eigenvalue weighted by Crippen LogP contribution is -2.15. The first kappa shape index (κ1) is 15.2. The molecule has 0 radical (unpaired) electrons. The van der Waals surface area contributed by atoms with Crippen LogP contribution in [0.2, 0.25) is 5.02 Å². The highest BCUT2D eigenvalue weighted by Crippen LogP contribution is 2.29. The molecule has 3 N–H and O–H groups in total. The Balaban J connectivity index is 2.23. The maximum Gasteiger partial charge on any atom is 0.278 e. The molecule has 7 heteroatoms. The van der Waals surface area contributed by atoms with Gasteiger partial charge in [-0.1, -0.05) is 18.5 Å². The number of amides is 1. The van der Waals surface area contributed by atoms with E-state index >= 15 is 0 Å². The Bertz CT molecular complexity index is 654. The number of nitrogens with two attached hydrogens (primary N) is 1. The van der Waals surface area contributed by atoms with Crippen molar-refractivity contribution in [2.45, 2.75) is 13.3 Å². The van der Waals surface area contributed by atoms with E-state index in [1.807, 2.05) is 6.92 Å². The first-order valence-electron chi connectivity index (χ1n) is 6.54. The van der Waals surface area contributed by atoms with Gasteiger partial charge in [0.15, 0.2) is 5.69 Å². The van der Waals surface area contributed by atoms with Crippen LogP contribution in [0, 0.1) is 0 Å². The molecule has 0 fully saturated rings. The lowest BCUT2D eigenvalue weighted by Gasteiger charge is -2.12. The topological polar surface area (TPSA) is 82.2 Å². The van der Waals surface area contributed by atoms with Crippen LogP contribution in [-0.2, 0) is 7.05 Å². The van der Waals surface area contributed by atoms with Crippen LogP contribution in [0.25, 0.3) is 0 Å². The average Bonchev–Trinajstić information content (AvgIpc) is 2.77. The smallest absolute Gasteiger partial charge is 0.278 e. The second kappa shape index (κ2) is 6.49. The molecule has 0 aliphatic carbocycles. The van der Waals surface area contributed by atoms with Crippen LogP contribution in [0.15, 0.2) is 24.4 Å². The monoisotopic (exact) mass is 308 g/mol.